The smallest absolute Gasteiger partial charge is 0.270 e. The molecule has 0 atom stereocenters. The number of nitrogens with zero attached hydrogens (tertiary/aromatic N) is 1. The third-order valence-electron chi connectivity index (χ3n) is 3.74. The normalized spacial score (nSPS) is 16.2. The van der Waals surface area contributed by atoms with Crippen LogP contribution in [0.4, 0.5) is 5.69 Å². The number of anilines is 1. The van der Waals surface area contributed by atoms with Gasteiger partial charge in [-0.15, -0.1) is 0 Å². The number of nitrogens with one attached hydrogen (secondary N) is 1. The number of halogens is 2. The van der Waals surface area contributed by atoms with E-state index in [0.717, 1.165) is 5.56 Å². The van der Waals surface area contributed by atoms with Crippen LogP contribution in [0.3, 0.4) is 0 Å². The highest BCUT2D eigenvalue weighted by atomic mass is 127. The number of hydrogen-bond donors (Lipinski definition) is 2. The van der Waals surface area contributed by atoms with Crippen molar-refractivity contribution in [1.29, 1.82) is 0 Å². The van der Waals surface area contributed by atoms with E-state index < -0.39 is 11.8 Å². The van der Waals surface area contributed by atoms with Crippen molar-refractivity contribution in [2.24, 2.45) is 0 Å². The van der Waals surface area contributed by atoms with E-state index in [4.69, 9.17) is 12.2 Å². The molecule has 1 aliphatic heterocycles. The van der Waals surface area contributed by atoms with Gasteiger partial charge < -0.3 is 5.11 Å². The van der Waals surface area contributed by atoms with Gasteiger partial charge in [0.25, 0.3) is 11.8 Å². The van der Waals surface area contributed by atoms with E-state index in [2.05, 4.69) is 21.2 Å². The van der Waals surface area contributed by atoms with Crippen LogP contribution in [0.5, 0.6) is 5.75 Å². The number of benzene rings is 2. The van der Waals surface area contributed by atoms with Crippen LogP contribution in [0.1, 0.15) is 11.1 Å². The molecule has 0 bridgehead atoms. The van der Waals surface area contributed by atoms with Crippen LogP contribution in [0, 0.1) is 10.5 Å². The topological polar surface area (TPSA) is 69.6 Å². The van der Waals surface area contributed by atoms with Gasteiger partial charge in [-0.2, -0.15) is 0 Å². The zero-order valence-corrected chi connectivity index (χ0v) is 18.0. The molecule has 2 amide bonds. The number of aromatic hydroxyl groups is 1. The summed E-state index contributed by atoms with van der Waals surface area (Å²) in [5.41, 5.74) is 2.20. The fourth-order valence-electron chi connectivity index (χ4n) is 2.42. The molecule has 0 unspecified atom stereocenters. The number of phenols is 1. The molecule has 2 aromatic carbocycles. The highest BCUT2D eigenvalue weighted by Gasteiger charge is 2.34. The summed E-state index contributed by atoms with van der Waals surface area (Å²) in [5, 5.41) is 12.4. The lowest BCUT2D eigenvalue weighted by Crippen LogP contribution is -2.54. The molecule has 26 heavy (non-hydrogen) atoms. The molecule has 1 fully saturated rings. The van der Waals surface area contributed by atoms with E-state index in [1.54, 1.807) is 24.3 Å². The lowest BCUT2D eigenvalue weighted by Gasteiger charge is -2.29. The molecule has 1 saturated heterocycles. The third kappa shape index (κ3) is 3.67. The largest absolute Gasteiger partial charge is 0.506 e. The molecule has 1 aliphatic rings. The summed E-state index contributed by atoms with van der Waals surface area (Å²) in [6.45, 7) is 1.94. The van der Waals surface area contributed by atoms with Crippen LogP contribution in [0.15, 0.2) is 46.4 Å². The molecule has 0 radical (unpaired) electrons. The molecular weight excluding hydrogens is 531 g/mol. The second-order valence-electron chi connectivity index (χ2n) is 5.63. The Bertz CT molecular complexity index is 950. The van der Waals surface area contributed by atoms with Crippen molar-refractivity contribution in [3.8, 4) is 5.75 Å². The second kappa shape index (κ2) is 7.45. The zero-order valence-electron chi connectivity index (χ0n) is 13.4. The van der Waals surface area contributed by atoms with Crippen LogP contribution in [-0.2, 0) is 9.59 Å². The molecule has 5 nitrogen and oxygen atoms in total. The van der Waals surface area contributed by atoms with Gasteiger partial charge >= 0.3 is 0 Å². The standard InChI is InChI=1S/C18H12BrIN2O3S/c1-9-2-4-11(5-3-9)22-17(25)12(16(24)21-18(22)26)6-10-7-13(19)15(23)14(20)8-10/h2-8,23H,1H3,(H,21,24,26)/b12-6+. The minimum absolute atomic E-state index is 0.0347. The van der Waals surface area contributed by atoms with Gasteiger partial charge in [0.1, 0.15) is 11.3 Å². The Morgan fingerprint density at radius 3 is 2.50 bits per heavy atom. The average molecular weight is 543 g/mol. The number of carbonyl (C=O) groups is 2. The Morgan fingerprint density at radius 1 is 1.23 bits per heavy atom. The highest BCUT2D eigenvalue weighted by molar-refractivity contribution is 14.1. The zero-order chi connectivity index (χ0) is 19.0. The predicted molar refractivity (Wildman–Crippen MR) is 116 cm³/mol. The van der Waals surface area contributed by atoms with Gasteiger partial charge in [0.05, 0.1) is 13.7 Å². The van der Waals surface area contributed by atoms with E-state index in [1.807, 2.05) is 41.6 Å². The van der Waals surface area contributed by atoms with Crippen molar-refractivity contribution in [2.75, 3.05) is 4.90 Å². The van der Waals surface area contributed by atoms with Gasteiger partial charge in [0.15, 0.2) is 5.11 Å². The Morgan fingerprint density at radius 2 is 1.88 bits per heavy atom. The SMILES string of the molecule is Cc1ccc(N2C(=O)/C(=C/c3cc(Br)c(O)c(I)c3)C(=O)NC2=S)cc1. The van der Waals surface area contributed by atoms with Gasteiger partial charge in [-0.05, 0) is 93.6 Å². The Labute approximate surface area is 177 Å². The molecule has 0 saturated carbocycles. The number of amides is 2. The summed E-state index contributed by atoms with van der Waals surface area (Å²) in [7, 11) is 0. The highest BCUT2D eigenvalue weighted by Crippen LogP contribution is 2.32. The first-order valence-corrected chi connectivity index (χ1v) is 9.72. The van der Waals surface area contributed by atoms with Crippen LogP contribution in [0.25, 0.3) is 6.08 Å². The van der Waals surface area contributed by atoms with Gasteiger partial charge in [0.2, 0.25) is 0 Å². The van der Waals surface area contributed by atoms with Crippen molar-refractivity contribution < 1.29 is 14.7 Å². The number of hydrogen-bond acceptors (Lipinski definition) is 4. The van der Waals surface area contributed by atoms with Crippen LogP contribution >= 0.6 is 50.7 Å². The van der Waals surface area contributed by atoms with Gasteiger partial charge in [-0.1, -0.05) is 17.7 Å². The monoisotopic (exact) mass is 542 g/mol. The first kappa shape index (κ1) is 19.0. The maximum absolute atomic E-state index is 12.9. The summed E-state index contributed by atoms with van der Waals surface area (Å²) in [4.78, 5) is 26.5. The van der Waals surface area contributed by atoms with Crippen LogP contribution < -0.4 is 10.2 Å². The van der Waals surface area contributed by atoms with Crippen molar-refractivity contribution in [3.05, 3.63) is 61.1 Å². The van der Waals surface area contributed by atoms with Crippen molar-refractivity contribution in [2.45, 2.75) is 6.92 Å². The fraction of sp³-hybridized carbons (Fsp3) is 0.0556. The average Bonchev–Trinajstić information content (AvgIpc) is 2.58. The van der Waals surface area contributed by atoms with E-state index in [9.17, 15) is 14.7 Å². The fourth-order valence-corrected chi connectivity index (χ4v) is 4.20. The molecular formula is C18H12BrIN2O3S. The van der Waals surface area contributed by atoms with E-state index in [0.29, 0.717) is 19.3 Å². The van der Waals surface area contributed by atoms with Crippen molar-refractivity contribution in [3.63, 3.8) is 0 Å². The molecule has 0 aliphatic carbocycles. The Hall–Kier alpha value is -1.78. The quantitative estimate of drug-likeness (QED) is 0.261. The van der Waals surface area contributed by atoms with Gasteiger partial charge in [-0.25, -0.2) is 0 Å². The van der Waals surface area contributed by atoms with Crippen molar-refractivity contribution in [1.82, 2.24) is 5.32 Å². The van der Waals surface area contributed by atoms with E-state index in [1.165, 1.54) is 11.0 Å². The Kier molecular flexibility index (Phi) is 5.44. The third-order valence-corrected chi connectivity index (χ3v) is 5.46. The number of phenolic OH excluding ortho intramolecular Hbond substituents is 1. The Balaban J connectivity index is 2.04. The van der Waals surface area contributed by atoms with Gasteiger partial charge in [0, 0.05) is 0 Å². The number of rotatable bonds is 2. The molecule has 0 aromatic heterocycles. The van der Waals surface area contributed by atoms with Crippen LogP contribution in [-0.4, -0.2) is 22.0 Å². The molecule has 8 heteroatoms. The molecule has 2 aromatic rings. The lowest BCUT2D eigenvalue weighted by molar-refractivity contribution is -0.122. The summed E-state index contributed by atoms with van der Waals surface area (Å²) in [5.74, 6) is -0.945. The van der Waals surface area contributed by atoms with Gasteiger partial charge in [-0.3, -0.25) is 19.8 Å². The van der Waals surface area contributed by atoms with Crippen LogP contribution in [0.2, 0.25) is 0 Å². The molecule has 1 heterocycles. The first-order chi connectivity index (χ1) is 12.3. The number of aryl methyl sites for hydroxylation is 1. The maximum atomic E-state index is 12.9. The predicted octanol–water partition coefficient (Wildman–Crippen LogP) is 3.90. The maximum Gasteiger partial charge on any atom is 0.270 e. The second-order valence-corrected chi connectivity index (χ2v) is 8.03. The summed E-state index contributed by atoms with van der Waals surface area (Å²) >= 11 is 10.4. The van der Waals surface area contributed by atoms with Crippen molar-refractivity contribution >= 4 is 79.4 Å². The minimum atomic E-state index is -0.553. The van der Waals surface area contributed by atoms with E-state index in [-0.39, 0.29) is 16.4 Å². The first-order valence-electron chi connectivity index (χ1n) is 7.44. The number of carbonyl (C=O) groups excluding carboxylic acids is 2. The molecule has 2 N–H and O–H groups in total. The molecule has 132 valence electrons. The molecule has 3 rings (SSSR count). The van der Waals surface area contributed by atoms with E-state index >= 15 is 0 Å². The summed E-state index contributed by atoms with van der Waals surface area (Å²) in [6, 6.07) is 10.6. The number of thiocarbonyl (C=S) groups is 1. The summed E-state index contributed by atoms with van der Waals surface area (Å²) < 4.78 is 1.07. The minimum Gasteiger partial charge on any atom is -0.506 e. The lowest BCUT2D eigenvalue weighted by atomic mass is 10.1. The summed E-state index contributed by atoms with van der Waals surface area (Å²) in [6.07, 6.45) is 1.48. The molecule has 0 spiro atoms.